The second-order valence-electron chi connectivity index (χ2n) is 13.9. The first-order valence-electron chi connectivity index (χ1n) is 19.6. The molecule has 0 spiro atoms. The topological polar surface area (TPSA) is 6.48 Å². The second kappa shape index (κ2) is 17.6. The quantitative estimate of drug-likeness (QED) is 0.110. The Morgan fingerprint density at radius 1 is 0.327 bits per heavy atom. The molecule has 7 aromatic rings. The second-order valence-corrected chi connectivity index (χ2v) is 13.9. The van der Waals surface area contributed by atoms with Gasteiger partial charge in [-0.3, -0.25) is 0 Å². The molecule has 0 aliphatic heterocycles. The lowest BCUT2D eigenvalue weighted by molar-refractivity contribution is 1.09. The maximum Gasteiger partial charge on any atom is 0.0493 e. The van der Waals surface area contributed by atoms with Crippen LogP contribution in [0.25, 0.3) is 24.3 Å². The first kappa shape index (κ1) is 37.0. The molecular formula is C53H50N2. The van der Waals surface area contributed by atoms with Crippen LogP contribution in [0, 0.1) is 6.92 Å². The van der Waals surface area contributed by atoms with Crippen molar-refractivity contribution in [3.63, 3.8) is 0 Å². The number of hydrogen-bond acceptors (Lipinski definition) is 2. The molecule has 0 amide bonds. The molecule has 0 unspecified atom stereocenters. The summed E-state index contributed by atoms with van der Waals surface area (Å²) in [6, 6.07) is 61.3. The largest absolute Gasteiger partial charge is 0.310 e. The standard InChI is InChI=1S/C53H50N2/c1-5-45-17-9-13-21-51(45)54(50-20-12-8-16-40(50)4)48-36-32-43(33-37-48)30-28-41-24-26-42(27-25-41)29-31-44-34-38-49(39-35-44)55(52-22-14-10-18-46(52)6-2)53-23-15-11-19-47(53)7-3/h8-39H,5-7H2,1-4H3. The number of para-hydroxylation sites is 4. The fourth-order valence-electron chi connectivity index (χ4n) is 7.29. The third kappa shape index (κ3) is 8.56. The zero-order valence-corrected chi connectivity index (χ0v) is 32.5. The summed E-state index contributed by atoms with van der Waals surface area (Å²) >= 11 is 0. The molecule has 0 saturated heterocycles. The Kier molecular flexibility index (Phi) is 11.8. The van der Waals surface area contributed by atoms with E-state index in [1.807, 2.05) is 0 Å². The van der Waals surface area contributed by atoms with Gasteiger partial charge in [-0.25, -0.2) is 0 Å². The van der Waals surface area contributed by atoms with Crippen molar-refractivity contribution in [2.24, 2.45) is 0 Å². The fraction of sp³-hybridized carbons (Fsp3) is 0.132. The SMILES string of the molecule is CCc1ccccc1N(c1ccc(C=Cc2ccc(C=Cc3ccc(N(c4ccccc4CC)c4ccccc4CC)cc3)cc2)cc1)c1ccccc1C. The van der Waals surface area contributed by atoms with Crippen LogP contribution in [0.2, 0.25) is 0 Å². The minimum atomic E-state index is 0.976. The predicted molar refractivity (Wildman–Crippen MR) is 239 cm³/mol. The summed E-state index contributed by atoms with van der Waals surface area (Å²) in [7, 11) is 0. The predicted octanol–water partition coefficient (Wildman–Crippen LogP) is 15.0. The van der Waals surface area contributed by atoms with E-state index in [4.69, 9.17) is 0 Å². The van der Waals surface area contributed by atoms with Crippen molar-refractivity contribution in [1.29, 1.82) is 0 Å². The van der Waals surface area contributed by atoms with Gasteiger partial charge in [-0.2, -0.15) is 0 Å². The highest BCUT2D eigenvalue weighted by atomic mass is 15.2. The summed E-state index contributed by atoms with van der Waals surface area (Å²) in [4.78, 5) is 4.80. The van der Waals surface area contributed by atoms with Crippen LogP contribution in [0.3, 0.4) is 0 Å². The van der Waals surface area contributed by atoms with E-state index >= 15 is 0 Å². The lowest BCUT2D eigenvalue weighted by atomic mass is 10.0. The molecule has 0 heterocycles. The normalized spacial score (nSPS) is 11.3. The molecule has 272 valence electrons. The molecule has 0 atom stereocenters. The average molecular weight is 715 g/mol. The lowest BCUT2D eigenvalue weighted by Crippen LogP contribution is -2.13. The number of hydrogen-bond donors (Lipinski definition) is 0. The molecule has 2 heteroatoms. The van der Waals surface area contributed by atoms with Crippen molar-refractivity contribution in [3.8, 4) is 0 Å². The number of aryl methyl sites for hydroxylation is 4. The molecule has 0 aliphatic carbocycles. The van der Waals surface area contributed by atoms with Crippen LogP contribution in [0.1, 0.15) is 65.3 Å². The van der Waals surface area contributed by atoms with Gasteiger partial charge in [0.05, 0.1) is 0 Å². The number of benzene rings is 7. The zero-order chi connectivity index (χ0) is 38.0. The van der Waals surface area contributed by atoms with Crippen molar-refractivity contribution in [2.75, 3.05) is 9.80 Å². The Morgan fingerprint density at radius 2 is 0.600 bits per heavy atom. The highest BCUT2D eigenvalue weighted by molar-refractivity contribution is 5.83. The van der Waals surface area contributed by atoms with Crippen LogP contribution < -0.4 is 9.80 Å². The van der Waals surface area contributed by atoms with Gasteiger partial charge < -0.3 is 9.80 Å². The lowest BCUT2D eigenvalue weighted by Gasteiger charge is -2.29. The van der Waals surface area contributed by atoms with Gasteiger partial charge in [0.25, 0.3) is 0 Å². The number of nitrogens with zero attached hydrogens (tertiary/aromatic N) is 2. The molecule has 0 N–H and O–H groups in total. The maximum absolute atomic E-state index is 2.42. The first-order chi connectivity index (χ1) is 27.1. The Hall–Kier alpha value is -6.38. The van der Waals surface area contributed by atoms with Gasteiger partial charge in [-0.15, -0.1) is 0 Å². The van der Waals surface area contributed by atoms with Crippen molar-refractivity contribution >= 4 is 58.4 Å². The van der Waals surface area contributed by atoms with E-state index < -0.39 is 0 Å². The number of anilines is 6. The number of rotatable bonds is 13. The Balaban J connectivity index is 1.05. The molecule has 0 radical (unpaired) electrons. The van der Waals surface area contributed by atoms with Crippen molar-refractivity contribution in [1.82, 2.24) is 0 Å². The van der Waals surface area contributed by atoms with Crippen molar-refractivity contribution < 1.29 is 0 Å². The average Bonchev–Trinajstić information content (AvgIpc) is 3.25. The van der Waals surface area contributed by atoms with Gasteiger partial charge in [-0.1, -0.05) is 166 Å². The van der Waals surface area contributed by atoms with Crippen LogP contribution >= 0.6 is 0 Å². The molecule has 0 fully saturated rings. The Labute approximate surface area is 328 Å². The van der Waals surface area contributed by atoms with Crippen LogP contribution in [0.5, 0.6) is 0 Å². The third-order valence-electron chi connectivity index (χ3n) is 10.4. The summed E-state index contributed by atoms with van der Waals surface area (Å²) < 4.78 is 0. The first-order valence-corrected chi connectivity index (χ1v) is 19.6. The fourth-order valence-corrected chi connectivity index (χ4v) is 7.29. The smallest absolute Gasteiger partial charge is 0.0493 e. The summed E-state index contributed by atoms with van der Waals surface area (Å²) in [6.07, 6.45) is 11.7. The highest BCUT2D eigenvalue weighted by Crippen LogP contribution is 2.40. The maximum atomic E-state index is 2.42. The molecule has 0 aliphatic rings. The summed E-state index contributed by atoms with van der Waals surface area (Å²) in [5.41, 5.74) is 17.1. The minimum Gasteiger partial charge on any atom is -0.310 e. The van der Waals surface area contributed by atoms with E-state index in [-0.39, 0.29) is 0 Å². The van der Waals surface area contributed by atoms with E-state index in [1.54, 1.807) is 0 Å². The summed E-state index contributed by atoms with van der Waals surface area (Å²) in [5, 5.41) is 0. The zero-order valence-electron chi connectivity index (χ0n) is 32.5. The van der Waals surface area contributed by atoms with E-state index in [2.05, 4.69) is 232 Å². The summed E-state index contributed by atoms with van der Waals surface area (Å²) in [6.45, 7) is 8.86. The van der Waals surface area contributed by atoms with E-state index in [1.165, 1.54) is 67.3 Å². The van der Waals surface area contributed by atoms with Crippen LogP contribution in [0.4, 0.5) is 34.1 Å². The van der Waals surface area contributed by atoms with Crippen molar-refractivity contribution in [2.45, 2.75) is 47.0 Å². The minimum absolute atomic E-state index is 0.976. The van der Waals surface area contributed by atoms with Crippen LogP contribution in [-0.4, -0.2) is 0 Å². The Bertz CT molecular complexity index is 2330. The molecule has 55 heavy (non-hydrogen) atoms. The van der Waals surface area contributed by atoms with Gasteiger partial charge in [0.1, 0.15) is 0 Å². The highest BCUT2D eigenvalue weighted by Gasteiger charge is 2.18. The van der Waals surface area contributed by atoms with Crippen molar-refractivity contribution in [3.05, 3.63) is 214 Å². The monoisotopic (exact) mass is 714 g/mol. The van der Waals surface area contributed by atoms with Crippen LogP contribution in [-0.2, 0) is 19.3 Å². The summed E-state index contributed by atoms with van der Waals surface area (Å²) in [5.74, 6) is 0. The van der Waals surface area contributed by atoms with E-state index in [0.717, 1.165) is 30.6 Å². The van der Waals surface area contributed by atoms with Gasteiger partial charge in [0.2, 0.25) is 0 Å². The van der Waals surface area contributed by atoms with E-state index in [0.29, 0.717) is 0 Å². The van der Waals surface area contributed by atoms with Gasteiger partial charge in [0.15, 0.2) is 0 Å². The molecule has 2 nitrogen and oxygen atoms in total. The van der Waals surface area contributed by atoms with E-state index in [9.17, 15) is 0 Å². The van der Waals surface area contributed by atoms with Gasteiger partial charge in [-0.05, 0) is 119 Å². The van der Waals surface area contributed by atoms with Gasteiger partial charge in [0, 0.05) is 34.1 Å². The van der Waals surface area contributed by atoms with Gasteiger partial charge >= 0.3 is 0 Å². The molecule has 7 aromatic carbocycles. The Morgan fingerprint density at radius 3 is 0.927 bits per heavy atom. The molecular weight excluding hydrogens is 665 g/mol. The third-order valence-corrected chi connectivity index (χ3v) is 10.4. The van der Waals surface area contributed by atoms with Crippen LogP contribution in [0.15, 0.2) is 170 Å². The molecule has 0 aromatic heterocycles. The molecule has 0 saturated carbocycles. The molecule has 7 rings (SSSR count). The molecule has 0 bridgehead atoms.